The third-order valence-corrected chi connectivity index (χ3v) is 19.6. The number of carbonyl (C=O) groups excluding carboxylic acids is 11. The number of primary amides is 1. The van der Waals surface area contributed by atoms with Crippen LogP contribution in [0.15, 0.2) is 23.2 Å². The third kappa shape index (κ3) is 17.7. The standard InChI is InChI=1S/C55H79N9O16S3/c1-5-29(2)48-53(78)59-24-46(73)60-39-28-83(79)54-37-18-33(51(76)58-25-47(74)62-48)20-42(69)49(31(4)43(70)27-65)63-52(77)40-22-34(67)26-64(40)55(50(75)32(19-41(39)68)21-44(56)71,80-35-10-11-36(37)38(23-35)61-54)14-8-6-7-9-15-57-45(72)13-17-82-81-16-12-30(3)66/h10-11,23,29,31-34,39-40,43,48-49,61,65,67,70H,5-9,12-22,24-28H2,1-4H3,(H2,56,71)(H,57,72)(H,58,76)(H,59,78)(H,60,73)(H,62,74)(H,63,77)/t29-,31-,32-,33?,34?,39?,40-,43-,48-,49-,55?,83+/m0/s1. The number of benzene rings is 1. The van der Waals surface area contributed by atoms with Gasteiger partial charge in [-0.05, 0) is 56.2 Å². The Hall–Kier alpha value is -5.78. The quantitative estimate of drug-likeness (QED) is 0.0555. The van der Waals surface area contributed by atoms with Crippen LogP contribution in [0.1, 0.15) is 110 Å². The van der Waals surface area contributed by atoms with Crippen LogP contribution >= 0.6 is 21.6 Å². The van der Waals surface area contributed by atoms with E-state index in [0.717, 1.165) is 0 Å². The molecule has 12 atom stereocenters. The van der Waals surface area contributed by atoms with Gasteiger partial charge in [-0.25, -0.2) is 4.90 Å². The van der Waals surface area contributed by atoms with Gasteiger partial charge in [0, 0.05) is 92.3 Å². The van der Waals surface area contributed by atoms with Gasteiger partial charge in [0.15, 0.2) is 17.3 Å². The number of aromatic nitrogens is 1. The van der Waals surface area contributed by atoms with E-state index in [1.807, 2.05) is 0 Å². The van der Waals surface area contributed by atoms with Gasteiger partial charge in [-0.15, -0.1) is 0 Å². The number of nitrogens with two attached hydrogens (primary N) is 1. The molecule has 0 radical (unpaired) electrons. The van der Waals surface area contributed by atoms with E-state index in [-0.39, 0.29) is 59.2 Å². The molecule has 0 spiro atoms. The Bertz CT molecular complexity index is 2780. The van der Waals surface area contributed by atoms with Crippen molar-refractivity contribution in [1.29, 1.82) is 0 Å². The molecule has 25 nitrogen and oxygen atoms in total. The molecular formula is C55H79N9O16S3. The molecule has 7 amide bonds. The van der Waals surface area contributed by atoms with Gasteiger partial charge in [0.25, 0.3) is 0 Å². The van der Waals surface area contributed by atoms with Gasteiger partial charge in [-0.1, -0.05) is 61.6 Å². The van der Waals surface area contributed by atoms with Crippen LogP contribution in [-0.4, -0.2) is 186 Å². The molecule has 1 fully saturated rings. The molecule has 1 aromatic heterocycles. The SMILES string of the molecule is CC[C@H](C)[C@@H]1NC(=O)CNC(=O)C2CC(=O)[C@H]([C@@H](C)[C@@H](O)CO)NC(=O)[C@@H]3CC(O)CN3C3(CCCCCCNC(=O)CCSSCCC(C)=O)Oc4ccc5c(c([nH]c5c4)[S@](=O)CC(NC(=O)CNC1=O)C(=O)C[C@@H](CC(N)=O)C3=O)C2. The Morgan fingerprint density at radius 3 is 2.25 bits per heavy atom. The number of Topliss-reactive ketones (excluding diaryl/α,β-unsaturated/α-hetero) is 4. The number of unbranched alkanes of at least 4 members (excludes halogenated alkanes) is 3. The summed E-state index contributed by atoms with van der Waals surface area (Å²) in [4.78, 5) is 159. The van der Waals surface area contributed by atoms with Crippen molar-refractivity contribution in [2.45, 2.75) is 158 Å². The average Bonchev–Trinajstić information content (AvgIpc) is 3.48. The molecule has 4 unspecified atom stereocenters. The molecule has 1 saturated heterocycles. The maximum Gasteiger partial charge on any atom is 0.243 e. The molecule has 28 heteroatoms. The summed E-state index contributed by atoms with van der Waals surface area (Å²) in [5, 5.41) is 49.0. The molecule has 6 rings (SSSR count). The topological polar surface area (TPSA) is 392 Å². The third-order valence-electron chi connectivity index (χ3n) is 15.8. The van der Waals surface area contributed by atoms with Gasteiger partial charge < -0.3 is 62.7 Å². The predicted molar refractivity (Wildman–Crippen MR) is 307 cm³/mol. The molecule has 2 aromatic rings. The van der Waals surface area contributed by atoms with Gasteiger partial charge in [0.2, 0.25) is 47.1 Å². The van der Waals surface area contributed by atoms with Crippen LogP contribution in [0.3, 0.4) is 0 Å². The van der Waals surface area contributed by atoms with Crippen LogP contribution in [-0.2, 0) is 70.0 Å². The van der Waals surface area contributed by atoms with Crippen LogP contribution in [0.5, 0.6) is 5.75 Å². The first-order valence-corrected chi connectivity index (χ1v) is 32.1. The van der Waals surface area contributed by atoms with E-state index < -0.39 is 187 Å². The molecule has 0 saturated carbocycles. The summed E-state index contributed by atoms with van der Waals surface area (Å²) in [6.07, 6.45) is -3.62. The molecule has 4 aliphatic rings. The smallest absolute Gasteiger partial charge is 0.243 e. The van der Waals surface area contributed by atoms with Gasteiger partial charge in [-0.2, -0.15) is 0 Å². The second-order valence-electron chi connectivity index (χ2n) is 22.0. The van der Waals surface area contributed by atoms with Crippen molar-refractivity contribution in [3.63, 3.8) is 0 Å². The second kappa shape index (κ2) is 30.9. The number of hydrogen-bond donors (Lipinski definition) is 11. The number of fused-ring (bicyclic) bond motifs is 7. The Labute approximate surface area is 491 Å². The molecule has 1 aromatic carbocycles. The Morgan fingerprint density at radius 1 is 0.880 bits per heavy atom. The largest absolute Gasteiger partial charge is 0.465 e. The molecule has 83 heavy (non-hydrogen) atoms. The highest BCUT2D eigenvalue weighted by atomic mass is 33.1. The van der Waals surface area contributed by atoms with E-state index in [1.165, 1.54) is 52.5 Å². The number of nitrogens with zero attached hydrogens (tertiary/aromatic N) is 1. The lowest BCUT2D eigenvalue weighted by Gasteiger charge is -2.45. The van der Waals surface area contributed by atoms with Crippen molar-refractivity contribution in [2.75, 3.05) is 50.0 Å². The van der Waals surface area contributed by atoms with Crippen molar-refractivity contribution >= 4 is 108 Å². The lowest BCUT2D eigenvalue weighted by Crippen LogP contribution is -2.65. The predicted octanol–water partition coefficient (Wildman–Crippen LogP) is -0.496. The van der Waals surface area contributed by atoms with Crippen molar-refractivity contribution in [3.8, 4) is 5.75 Å². The summed E-state index contributed by atoms with van der Waals surface area (Å²) < 4.78 is 22.0. The van der Waals surface area contributed by atoms with Crippen molar-refractivity contribution < 1.29 is 77.0 Å². The number of aliphatic hydroxyl groups excluding tert-OH is 3. The molecule has 0 aliphatic carbocycles. The first-order chi connectivity index (χ1) is 39.5. The van der Waals surface area contributed by atoms with E-state index in [0.29, 0.717) is 55.5 Å². The lowest BCUT2D eigenvalue weighted by molar-refractivity contribution is -0.168. The summed E-state index contributed by atoms with van der Waals surface area (Å²) >= 11 is 0. The summed E-state index contributed by atoms with van der Waals surface area (Å²) in [5.74, 6) is -12.5. The highest BCUT2D eigenvalue weighted by molar-refractivity contribution is 8.76. The van der Waals surface area contributed by atoms with Gasteiger partial charge in [0.1, 0.15) is 22.6 Å². The minimum Gasteiger partial charge on any atom is -0.465 e. The minimum atomic E-state index is -2.35. The van der Waals surface area contributed by atoms with E-state index in [9.17, 15) is 48.9 Å². The zero-order valence-corrected chi connectivity index (χ0v) is 49.7. The van der Waals surface area contributed by atoms with Gasteiger partial charge >= 0.3 is 0 Å². The number of ketones is 4. The van der Waals surface area contributed by atoms with Crippen molar-refractivity contribution in [1.82, 2.24) is 41.8 Å². The number of nitrogens with one attached hydrogen (secondary N) is 7. The van der Waals surface area contributed by atoms with Crippen molar-refractivity contribution in [2.24, 2.45) is 29.4 Å². The molecular weight excluding hydrogens is 1140 g/mol. The summed E-state index contributed by atoms with van der Waals surface area (Å²) in [5.41, 5.74) is 3.93. The molecule has 458 valence electrons. The first-order valence-electron chi connectivity index (χ1n) is 28.2. The summed E-state index contributed by atoms with van der Waals surface area (Å²) in [6.45, 7) is 3.94. The van der Waals surface area contributed by atoms with Crippen molar-refractivity contribution in [3.05, 3.63) is 23.8 Å². The van der Waals surface area contributed by atoms with E-state index >= 15 is 23.4 Å². The Kier molecular flexibility index (Phi) is 24.7. The number of aromatic amines is 1. The first kappa shape index (κ1) is 66.4. The maximum absolute atomic E-state index is 16.1. The summed E-state index contributed by atoms with van der Waals surface area (Å²) in [6, 6.07) is -1.58. The van der Waals surface area contributed by atoms with E-state index in [4.69, 9.17) is 10.5 Å². The number of hydrogen-bond acceptors (Lipinski definition) is 19. The fourth-order valence-electron chi connectivity index (χ4n) is 10.9. The Balaban J connectivity index is 1.52. The molecule has 4 aliphatic heterocycles. The lowest BCUT2D eigenvalue weighted by atomic mass is 9.82. The van der Waals surface area contributed by atoms with Crippen LogP contribution in [0.25, 0.3) is 10.9 Å². The van der Waals surface area contributed by atoms with Crippen LogP contribution in [0.2, 0.25) is 0 Å². The highest BCUT2D eigenvalue weighted by Gasteiger charge is 2.57. The van der Waals surface area contributed by atoms with E-state index in [1.54, 1.807) is 19.9 Å². The highest BCUT2D eigenvalue weighted by Crippen LogP contribution is 2.41. The van der Waals surface area contributed by atoms with Gasteiger partial charge in [0.05, 0.1) is 72.1 Å². The average molecular weight is 1220 g/mol. The zero-order chi connectivity index (χ0) is 60.7. The van der Waals surface area contributed by atoms with Crippen LogP contribution in [0.4, 0.5) is 0 Å². The van der Waals surface area contributed by atoms with Gasteiger partial charge in [-0.3, -0.25) is 56.9 Å². The number of amides is 7. The molecule has 5 heterocycles. The monoisotopic (exact) mass is 1220 g/mol. The van der Waals surface area contributed by atoms with Crippen LogP contribution < -0.4 is 42.4 Å². The normalized spacial score (nSPS) is 27.2. The van der Waals surface area contributed by atoms with E-state index in [2.05, 4.69) is 36.9 Å². The minimum absolute atomic E-state index is 0.00980. The Morgan fingerprint density at radius 2 is 1.57 bits per heavy atom. The zero-order valence-electron chi connectivity index (χ0n) is 47.3. The number of carbonyl (C=O) groups is 11. The van der Waals surface area contributed by atoms with Crippen LogP contribution in [0, 0.1) is 23.7 Å². The molecule has 12 N–H and O–H groups in total. The molecule has 8 bridgehead atoms. The summed E-state index contributed by atoms with van der Waals surface area (Å²) in [7, 11) is 0.708. The number of aliphatic hydroxyl groups is 3. The number of ether oxygens (including phenoxy) is 1. The maximum atomic E-state index is 16.1. The fraction of sp³-hybridized carbons (Fsp3) is 0.655. The number of H-pyrrole nitrogens is 1. The number of rotatable bonds is 21. The fourth-order valence-corrected chi connectivity index (χ4v) is 14.4. The second-order valence-corrected chi connectivity index (χ2v) is 26.1.